The lowest BCUT2D eigenvalue weighted by atomic mass is 10.2. The summed E-state index contributed by atoms with van der Waals surface area (Å²) in [6.07, 6.45) is -3.81. The number of nitrogens with zero attached hydrogens (tertiary/aromatic N) is 3. The van der Waals surface area contributed by atoms with Crippen LogP contribution in [0.3, 0.4) is 0 Å². The Labute approximate surface area is 161 Å². The zero-order valence-corrected chi connectivity index (χ0v) is 16.7. The van der Waals surface area contributed by atoms with E-state index in [4.69, 9.17) is 11.6 Å². The standard InChI is InChI=1S/C16H21ClF3N3O3S/c1-15(2,3)27(25,26)10-13(24)22-4-6-23(7-5-22)14-12(17)8-11(9-21-14)16(18,19)20/h8-9H,4-7,10H2,1-3H3. The molecule has 0 spiro atoms. The molecule has 1 saturated heterocycles. The van der Waals surface area contributed by atoms with Gasteiger partial charge in [0.2, 0.25) is 5.91 Å². The summed E-state index contributed by atoms with van der Waals surface area (Å²) in [6.45, 7) is 5.65. The molecule has 1 aromatic rings. The summed E-state index contributed by atoms with van der Waals surface area (Å²) in [4.78, 5) is 19.2. The van der Waals surface area contributed by atoms with Crippen LogP contribution in [0.2, 0.25) is 5.02 Å². The highest BCUT2D eigenvalue weighted by atomic mass is 35.5. The Hall–Kier alpha value is -1.55. The Morgan fingerprint density at radius 3 is 2.19 bits per heavy atom. The number of hydrogen-bond acceptors (Lipinski definition) is 5. The summed E-state index contributed by atoms with van der Waals surface area (Å²) in [5.74, 6) is -0.856. The number of carbonyl (C=O) groups is 1. The van der Waals surface area contributed by atoms with Crippen molar-refractivity contribution in [3.63, 3.8) is 0 Å². The molecule has 1 aliphatic rings. The molecule has 2 heterocycles. The van der Waals surface area contributed by atoms with Crippen molar-refractivity contribution in [3.05, 3.63) is 22.8 Å². The Bertz CT molecular complexity index is 814. The molecule has 11 heteroatoms. The monoisotopic (exact) mass is 427 g/mol. The third-order valence-corrected chi connectivity index (χ3v) is 7.10. The van der Waals surface area contributed by atoms with Gasteiger partial charge in [-0.25, -0.2) is 13.4 Å². The van der Waals surface area contributed by atoms with Crippen LogP contribution in [0.1, 0.15) is 26.3 Å². The topological polar surface area (TPSA) is 70.6 Å². The maximum atomic E-state index is 12.7. The molecule has 2 rings (SSSR count). The van der Waals surface area contributed by atoms with Gasteiger partial charge in [0.1, 0.15) is 11.6 Å². The normalized spacial score (nSPS) is 16.6. The van der Waals surface area contributed by atoms with E-state index < -0.39 is 38.0 Å². The largest absolute Gasteiger partial charge is 0.417 e. The fourth-order valence-corrected chi connectivity index (χ4v) is 3.68. The van der Waals surface area contributed by atoms with Gasteiger partial charge in [-0.15, -0.1) is 0 Å². The molecule has 0 aliphatic carbocycles. The van der Waals surface area contributed by atoms with Gasteiger partial charge < -0.3 is 9.80 Å². The van der Waals surface area contributed by atoms with Crippen LogP contribution in [-0.4, -0.2) is 60.9 Å². The number of aromatic nitrogens is 1. The summed E-state index contributed by atoms with van der Waals surface area (Å²) in [7, 11) is -3.58. The molecular formula is C16H21ClF3N3O3S. The Morgan fingerprint density at radius 1 is 1.19 bits per heavy atom. The number of rotatable bonds is 3. The predicted molar refractivity (Wildman–Crippen MR) is 96.6 cm³/mol. The lowest BCUT2D eigenvalue weighted by Gasteiger charge is -2.36. The van der Waals surface area contributed by atoms with Gasteiger partial charge in [0, 0.05) is 32.4 Å². The highest BCUT2D eigenvalue weighted by Gasteiger charge is 2.35. The van der Waals surface area contributed by atoms with E-state index in [9.17, 15) is 26.4 Å². The first-order chi connectivity index (χ1) is 12.2. The zero-order valence-electron chi connectivity index (χ0n) is 15.2. The minimum Gasteiger partial charge on any atom is -0.352 e. The zero-order chi connectivity index (χ0) is 20.6. The molecule has 0 bridgehead atoms. The minimum atomic E-state index is -4.53. The minimum absolute atomic E-state index is 0.125. The molecule has 27 heavy (non-hydrogen) atoms. The SMILES string of the molecule is CC(C)(C)S(=O)(=O)CC(=O)N1CCN(c2ncc(C(F)(F)F)cc2Cl)CC1. The van der Waals surface area contributed by atoms with Gasteiger partial charge in [0.25, 0.3) is 0 Å². The number of alkyl halides is 3. The molecular weight excluding hydrogens is 407 g/mol. The Morgan fingerprint density at radius 2 is 1.74 bits per heavy atom. The van der Waals surface area contributed by atoms with Gasteiger partial charge in [-0.05, 0) is 26.8 Å². The molecule has 0 aromatic carbocycles. The van der Waals surface area contributed by atoms with Gasteiger partial charge in [0.15, 0.2) is 9.84 Å². The molecule has 1 aliphatic heterocycles. The molecule has 0 saturated carbocycles. The van der Waals surface area contributed by atoms with Crippen LogP contribution in [0.4, 0.5) is 19.0 Å². The third kappa shape index (κ3) is 5.04. The van der Waals surface area contributed by atoms with E-state index in [1.54, 1.807) is 4.90 Å². The second kappa shape index (κ2) is 7.46. The van der Waals surface area contributed by atoms with Gasteiger partial charge in [0.05, 0.1) is 15.3 Å². The van der Waals surface area contributed by atoms with Gasteiger partial charge in [-0.1, -0.05) is 11.6 Å². The lowest BCUT2D eigenvalue weighted by molar-refractivity contribution is -0.137. The van der Waals surface area contributed by atoms with E-state index in [1.807, 2.05) is 0 Å². The number of halogens is 4. The number of anilines is 1. The van der Waals surface area contributed by atoms with E-state index in [0.717, 1.165) is 6.07 Å². The number of carbonyl (C=O) groups excluding carboxylic acids is 1. The lowest BCUT2D eigenvalue weighted by Crippen LogP contribution is -2.51. The van der Waals surface area contributed by atoms with Crippen LogP contribution in [0.25, 0.3) is 0 Å². The molecule has 0 atom stereocenters. The van der Waals surface area contributed by atoms with Crippen molar-refractivity contribution in [3.8, 4) is 0 Å². The van der Waals surface area contributed by atoms with Gasteiger partial charge in [-0.3, -0.25) is 4.79 Å². The molecule has 0 unspecified atom stereocenters. The van der Waals surface area contributed by atoms with E-state index in [0.29, 0.717) is 19.3 Å². The highest BCUT2D eigenvalue weighted by molar-refractivity contribution is 7.93. The highest BCUT2D eigenvalue weighted by Crippen LogP contribution is 2.33. The Kier molecular flexibility index (Phi) is 6.01. The molecule has 1 fully saturated rings. The molecule has 0 radical (unpaired) electrons. The van der Waals surface area contributed by atoms with E-state index in [1.165, 1.54) is 25.7 Å². The maximum Gasteiger partial charge on any atom is 0.417 e. The first-order valence-corrected chi connectivity index (χ1v) is 10.2. The summed E-state index contributed by atoms with van der Waals surface area (Å²) in [5.41, 5.74) is -0.933. The average Bonchev–Trinajstić information content (AvgIpc) is 2.52. The first kappa shape index (κ1) is 21.7. The summed E-state index contributed by atoms with van der Waals surface area (Å²) in [5, 5.41) is -0.125. The van der Waals surface area contributed by atoms with Crippen LogP contribution < -0.4 is 4.90 Å². The Balaban J connectivity index is 2.02. The molecule has 1 amide bonds. The van der Waals surface area contributed by atoms with Crippen molar-refractivity contribution in [2.45, 2.75) is 31.7 Å². The van der Waals surface area contributed by atoms with Gasteiger partial charge >= 0.3 is 6.18 Å². The fraction of sp³-hybridized carbons (Fsp3) is 0.625. The van der Waals surface area contributed by atoms with Crippen LogP contribution >= 0.6 is 11.6 Å². The van der Waals surface area contributed by atoms with E-state index in [2.05, 4.69) is 4.98 Å². The van der Waals surface area contributed by atoms with Crippen LogP contribution in [0, 0.1) is 0 Å². The van der Waals surface area contributed by atoms with Crippen molar-refractivity contribution in [2.24, 2.45) is 0 Å². The van der Waals surface area contributed by atoms with Crippen molar-refractivity contribution in [2.75, 3.05) is 36.8 Å². The molecule has 6 nitrogen and oxygen atoms in total. The van der Waals surface area contributed by atoms with Crippen molar-refractivity contribution in [1.82, 2.24) is 9.88 Å². The fourth-order valence-electron chi connectivity index (χ4n) is 2.46. The third-order valence-electron chi connectivity index (χ3n) is 4.33. The van der Waals surface area contributed by atoms with Crippen LogP contribution in [0.15, 0.2) is 12.3 Å². The number of amides is 1. The number of hydrogen-bond donors (Lipinski definition) is 0. The molecule has 0 N–H and O–H groups in total. The van der Waals surface area contributed by atoms with E-state index >= 15 is 0 Å². The van der Waals surface area contributed by atoms with E-state index in [-0.39, 0.29) is 23.9 Å². The second-order valence-electron chi connectivity index (χ2n) is 7.27. The number of piperazine rings is 1. The summed E-state index contributed by atoms with van der Waals surface area (Å²) >= 11 is 5.94. The van der Waals surface area contributed by atoms with Crippen molar-refractivity contribution < 1.29 is 26.4 Å². The van der Waals surface area contributed by atoms with Crippen LogP contribution in [0.5, 0.6) is 0 Å². The first-order valence-electron chi connectivity index (χ1n) is 8.20. The molecule has 1 aromatic heterocycles. The average molecular weight is 428 g/mol. The van der Waals surface area contributed by atoms with Crippen molar-refractivity contribution >= 4 is 33.2 Å². The smallest absolute Gasteiger partial charge is 0.352 e. The summed E-state index contributed by atoms with van der Waals surface area (Å²) in [6, 6.07) is 0.817. The molecule has 152 valence electrons. The number of pyridine rings is 1. The predicted octanol–water partition coefficient (Wildman–Crippen LogP) is 2.62. The second-order valence-corrected chi connectivity index (χ2v) is 10.4. The van der Waals surface area contributed by atoms with Gasteiger partial charge in [-0.2, -0.15) is 13.2 Å². The quantitative estimate of drug-likeness (QED) is 0.741. The van der Waals surface area contributed by atoms with Crippen LogP contribution in [-0.2, 0) is 20.8 Å². The number of sulfone groups is 1. The maximum absolute atomic E-state index is 12.7. The summed E-state index contributed by atoms with van der Waals surface area (Å²) < 4.78 is 61.4. The van der Waals surface area contributed by atoms with Crippen molar-refractivity contribution in [1.29, 1.82) is 0 Å².